The van der Waals surface area contributed by atoms with Gasteiger partial charge in [0.1, 0.15) is 0 Å². The van der Waals surface area contributed by atoms with E-state index in [1.165, 1.54) is 27.8 Å². The molecule has 0 atom stereocenters. The molecule has 0 unspecified atom stereocenters. The summed E-state index contributed by atoms with van der Waals surface area (Å²) in [5, 5.41) is 4.29. The van der Waals surface area contributed by atoms with Crippen molar-refractivity contribution in [2.45, 2.75) is 19.3 Å². The Balaban J connectivity index is 1.39. The minimum atomic E-state index is -0.556. The highest BCUT2D eigenvalue weighted by Gasteiger charge is 2.19. The Labute approximate surface area is 158 Å². The molecule has 26 heavy (non-hydrogen) atoms. The number of aromatic nitrogens is 1. The molecule has 0 saturated heterocycles. The van der Waals surface area contributed by atoms with E-state index in [1.54, 1.807) is 24.3 Å². The molecule has 3 aromatic rings. The maximum atomic E-state index is 12.2. The Morgan fingerprint density at radius 1 is 1.12 bits per heavy atom. The number of aryl methyl sites for hydroxylation is 2. The van der Waals surface area contributed by atoms with Crippen molar-refractivity contribution < 1.29 is 14.1 Å². The van der Waals surface area contributed by atoms with Crippen molar-refractivity contribution in [1.82, 2.24) is 16.0 Å². The number of rotatable bonds is 3. The molecule has 6 nitrogen and oxygen atoms in total. The topological polar surface area (TPSA) is 84.2 Å². The molecule has 0 saturated carbocycles. The van der Waals surface area contributed by atoms with Crippen LogP contribution in [0.1, 0.15) is 37.0 Å². The van der Waals surface area contributed by atoms with Crippen LogP contribution in [-0.2, 0) is 12.8 Å². The van der Waals surface area contributed by atoms with Crippen LogP contribution in [0, 0.1) is 0 Å². The lowest BCUT2D eigenvalue weighted by Crippen LogP contribution is -2.41. The molecule has 0 aliphatic heterocycles. The fraction of sp³-hybridized carbons (Fsp3) is 0.167. The van der Waals surface area contributed by atoms with Crippen LogP contribution in [0.3, 0.4) is 0 Å². The van der Waals surface area contributed by atoms with Gasteiger partial charge in [-0.1, -0.05) is 28.9 Å². The molecule has 2 amide bonds. The van der Waals surface area contributed by atoms with Crippen molar-refractivity contribution in [3.8, 4) is 11.3 Å². The third kappa shape index (κ3) is 3.36. The Morgan fingerprint density at radius 3 is 2.77 bits per heavy atom. The van der Waals surface area contributed by atoms with Crippen LogP contribution in [0.15, 0.2) is 40.9 Å². The summed E-state index contributed by atoms with van der Waals surface area (Å²) in [7, 11) is 0. The number of benzene rings is 1. The van der Waals surface area contributed by atoms with Crippen molar-refractivity contribution >= 4 is 34.8 Å². The summed E-state index contributed by atoms with van der Waals surface area (Å²) < 4.78 is 5.18. The molecule has 4 rings (SSSR count). The first-order valence-electron chi connectivity index (χ1n) is 8.05. The molecule has 1 aromatic carbocycles. The van der Waals surface area contributed by atoms with E-state index in [9.17, 15) is 9.59 Å². The SMILES string of the molecule is O=C(NNC(=O)c1cc2c(s1)CCC2)c1cc(-c2cccc(Cl)c2)on1. The summed E-state index contributed by atoms with van der Waals surface area (Å²) in [6.07, 6.45) is 3.17. The summed E-state index contributed by atoms with van der Waals surface area (Å²) >= 11 is 7.42. The van der Waals surface area contributed by atoms with E-state index in [0.717, 1.165) is 19.3 Å². The van der Waals surface area contributed by atoms with E-state index in [4.69, 9.17) is 16.1 Å². The maximum Gasteiger partial charge on any atom is 0.291 e. The average molecular weight is 388 g/mol. The first-order valence-corrected chi connectivity index (χ1v) is 9.24. The van der Waals surface area contributed by atoms with Gasteiger partial charge in [-0.25, -0.2) is 0 Å². The summed E-state index contributed by atoms with van der Waals surface area (Å²) in [6.45, 7) is 0. The second-order valence-electron chi connectivity index (χ2n) is 5.91. The minimum Gasteiger partial charge on any atom is -0.355 e. The van der Waals surface area contributed by atoms with Gasteiger partial charge in [-0.15, -0.1) is 11.3 Å². The Kier molecular flexibility index (Phi) is 4.48. The second-order valence-corrected chi connectivity index (χ2v) is 7.48. The van der Waals surface area contributed by atoms with Gasteiger partial charge in [0, 0.05) is 21.5 Å². The van der Waals surface area contributed by atoms with Crippen LogP contribution in [-0.4, -0.2) is 17.0 Å². The second kappa shape index (κ2) is 6.93. The molecule has 8 heteroatoms. The zero-order chi connectivity index (χ0) is 18.1. The average Bonchev–Trinajstić information content (AvgIpc) is 3.34. The van der Waals surface area contributed by atoms with E-state index >= 15 is 0 Å². The number of amides is 2. The van der Waals surface area contributed by atoms with Gasteiger partial charge in [0.25, 0.3) is 11.8 Å². The third-order valence-electron chi connectivity index (χ3n) is 4.11. The van der Waals surface area contributed by atoms with Crippen LogP contribution in [0.5, 0.6) is 0 Å². The first kappa shape index (κ1) is 16.8. The highest BCUT2D eigenvalue weighted by atomic mass is 35.5. The fourth-order valence-electron chi connectivity index (χ4n) is 2.84. The van der Waals surface area contributed by atoms with Crippen LogP contribution < -0.4 is 10.9 Å². The molecule has 1 aliphatic carbocycles. The van der Waals surface area contributed by atoms with E-state index in [-0.39, 0.29) is 11.6 Å². The quantitative estimate of drug-likeness (QED) is 0.672. The summed E-state index contributed by atoms with van der Waals surface area (Å²) in [5.41, 5.74) is 6.77. The van der Waals surface area contributed by atoms with Crippen LogP contribution in [0.4, 0.5) is 0 Å². The predicted molar refractivity (Wildman–Crippen MR) is 98.2 cm³/mol. The Morgan fingerprint density at radius 2 is 1.96 bits per heavy atom. The smallest absolute Gasteiger partial charge is 0.291 e. The van der Waals surface area contributed by atoms with Crippen molar-refractivity contribution in [3.63, 3.8) is 0 Å². The zero-order valence-electron chi connectivity index (χ0n) is 13.5. The monoisotopic (exact) mass is 387 g/mol. The summed E-state index contributed by atoms with van der Waals surface area (Å²) in [4.78, 5) is 26.2. The molecule has 1 aliphatic rings. The van der Waals surface area contributed by atoms with Gasteiger partial charge in [-0.05, 0) is 43.0 Å². The number of carbonyl (C=O) groups excluding carboxylic acids is 2. The molecule has 0 fully saturated rings. The van der Waals surface area contributed by atoms with Crippen LogP contribution in [0.25, 0.3) is 11.3 Å². The lowest BCUT2D eigenvalue weighted by atomic mass is 10.1. The number of hydrogen-bond donors (Lipinski definition) is 2. The van der Waals surface area contributed by atoms with Crippen molar-refractivity contribution in [2.75, 3.05) is 0 Å². The number of nitrogens with zero attached hydrogens (tertiary/aromatic N) is 1. The van der Waals surface area contributed by atoms with E-state index < -0.39 is 5.91 Å². The lowest BCUT2D eigenvalue weighted by Gasteiger charge is -2.03. The molecular formula is C18H14ClN3O3S. The summed E-state index contributed by atoms with van der Waals surface area (Å²) in [6, 6.07) is 10.4. The Bertz CT molecular complexity index is 974. The van der Waals surface area contributed by atoms with E-state index in [1.807, 2.05) is 6.07 Å². The highest BCUT2D eigenvalue weighted by molar-refractivity contribution is 7.14. The minimum absolute atomic E-state index is 0.0638. The normalized spacial score (nSPS) is 12.7. The molecule has 132 valence electrons. The number of thiophene rings is 1. The molecular weight excluding hydrogens is 374 g/mol. The number of nitrogens with one attached hydrogen (secondary N) is 2. The zero-order valence-corrected chi connectivity index (χ0v) is 15.1. The van der Waals surface area contributed by atoms with E-state index in [0.29, 0.717) is 21.2 Å². The highest BCUT2D eigenvalue weighted by Crippen LogP contribution is 2.30. The molecule has 2 N–H and O–H groups in total. The van der Waals surface area contributed by atoms with Gasteiger partial charge in [0.15, 0.2) is 11.5 Å². The van der Waals surface area contributed by atoms with Crippen LogP contribution in [0.2, 0.25) is 5.02 Å². The van der Waals surface area contributed by atoms with Crippen LogP contribution >= 0.6 is 22.9 Å². The van der Waals surface area contributed by atoms with Gasteiger partial charge >= 0.3 is 0 Å². The lowest BCUT2D eigenvalue weighted by molar-refractivity contribution is 0.0843. The molecule has 0 radical (unpaired) electrons. The largest absolute Gasteiger partial charge is 0.355 e. The maximum absolute atomic E-state index is 12.2. The van der Waals surface area contributed by atoms with Gasteiger partial charge in [-0.3, -0.25) is 20.4 Å². The number of hydrazine groups is 1. The van der Waals surface area contributed by atoms with E-state index in [2.05, 4.69) is 16.0 Å². The molecule has 0 bridgehead atoms. The number of hydrogen-bond acceptors (Lipinski definition) is 5. The number of carbonyl (C=O) groups is 2. The van der Waals surface area contributed by atoms with Gasteiger partial charge in [0.05, 0.1) is 4.88 Å². The number of fused-ring (bicyclic) bond motifs is 1. The predicted octanol–water partition coefficient (Wildman–Crippen LogP) is 3.62. The van der Waals surface area contributed by atoms with Gasteiger partial charge < -0.3 is 4.52 Å². The third-order valence-corrected chi connectivity index (χ3v) is 5.58. The molecule has 0 spiro atoms. The van der Waals surface area contributed by atoms with Crippen molar-refractivity contribution in [1.29, 1.82) is 0 Å². The van der Waals surface area contributed by atoms with Crippen molar-refractivity contribution in [2.24, 2.45) is 0 Å². The van der Waals surface area contributed by atoms with Gasteiger partial charge in [0.2, 0.25) is 0 Å². The fourth-order valence-corrected chi connectivity index (χ4v) is 4.18. The number of halogens is 1. The van der Waals surface area contributed by atoms with Crippen molar-refractivity contribution in [3.05, 3.63) is 62.4 Å². The molecule has 2 aromatic heterocycles. The standard InChI is InChI=1S/C18H14ClN3O3S/c19-12-5-1-3-10(7-12)14-9-13(22-25-14)17(23)20-21-18(24)16-8-11-4-2-6-15(11)26-16/h1,3,5,7-9H,2,4,6H2,(H,20,23)(H,21,24). The van der Waals surface area contributed by atoms with Gasteiger partial charge in [-0.2, -0.15) is 0 Å². The summed E-state index contributed by atoms with van der Waals surface area (Å²) in [5.74, 6) is -0.477. The Hall–Kier alpha value is -2.64. The molecule has 2 heterocycles. The first-order chi connectivity index (χ1) is 12.6.